The highest BCUT2D eigenvalue weighted by molar-refractivity contribution is 5.83. The summed E-state index contributed by atoms with van der Waals surface area (Å²) in [6.45, 7) is 0.778. The van der Waals surface area contributed by atoms with E-state index in [1.165, 1.54) is 12.1 Å². The molecule has 0 radical (unpaired) electrons. The number of amides is 2. The lowest BCUT2D eigenvalue weighted by molar-refractivity contribution is 0.00720. The predicted molar refractivity (Wildman–Crippen MR) is 91.4 cm³/mol. The SMILES string of the molecule is O=C(NCCc1c[nH]c2cc(F)ccc12)NCC1(O)CCCCC1. The van der Waals surface area contributed by atoms with Crippen molar-refractivity contribution in [2.45, 2.75) is 44.1 Å². The minimum Gasteiger partial charge on any atom is -0.388 e. The number of aliphatic hydroxyl groups is 1. The molecule has 0 spiro atoms. The van der Waals surface area contributed by atoms with Gasteiger partial charge in [0.2, 0.25) is 0 Å². The summed E-state index contributed by atoms with van der Waals surface area (Å²) in [5.41, 5.74) is 1.04. The Morgan fingerprint density at radius 1 is 1.25 bits per heavy atom. The van der Waals surface area contributed by atoms with E-state index in [4.69, 9.17) is 0 Å². The van der Waals surface area contributed by atoms with Gasteiger partial charge >= 0.3 is 6.03 Å². The Morgan fingerprint density at radius 2 is 2.04 bits per heavy atom. The maximum atomic E-state index is 13.2. The van der Waals surface area contributed by atoms with Crippen molar-refractivity contribution < 1.29 is 14.3 Å². The van der Waals surface area contributed by atoms with E-state index in [-0.39, 0.29) is 11.8 Å². The van der Waals surface area contributed by atoms with E-state index in [1.54, 1.807) is 6.07 Å². The van der Waals surface area contributed by atoms with Crippen LogP contribution in [0, 0.1) is 5.82 Å². The maximum Gasteiger partial charge on any atom is 0.314 e. The van der Waals surface area contributed by atoms with E-state index >= 15 is 0 Å². The number of H-pyrrole nitrogens is 1. The number of carbonyl (C=O) groups excluding carboxylic acids is 1. The van der Waals surface area contributed by atoms with Crippen LogP contribution in [-0.4, -0.2) is 34.8 Å². The van der Waals surface area contributed by atoms with Gasteiger partial charge < -0.3 is 20.7 Å². The molecule has 1 aliphatic carbocycles. The zero-order chi connectivity index (χ0) is 17.0. The molecule has 0 saturated heterocycles. The first-order valence-electron chi connectivity index (χ1n) is 8.55. The molecular weight excluding hydrogens is 309 g/mol. The number of hydrogen-bond acceptors (Lipinski definition) is 2. The fourth-order valence-electron chi connectivity index (χ4n) is 3.37. The number of halogens is 1. The van der Waals surface area contributed by atoms with Crippen LogP contribution in [-0.2, 0) is 6.42 Å². The van der Waals surface area contributed by atoms with Crippen molar-refractivity contribution in [3.8, 4) is 0 Å². The third-order valence-corrected chi connectivity index (χ3v) is 4.77. The van der Waals surface area contributed by atoms with Crippen LogP contribution in [0.4, 0.5) is 9.18 Å². The molecule has 4 N–H and O–H groups in total. The molecule has 130 valence electrons. The molecule has 6 heteroatoms. The number of aromatic nitrogens is 1. The van der Waals surface area contributed by atoms with Crippen LogP contribution < -0.4 is 10.6 Å². The lowest BCUT2D eigenvalue weighted by atomic mass is 9.85. The normalized spacial score (nSPS) is 16.9. The smallest absolute Gasteiger partial charge is 0.314 e. The van der Waals surface area contributed by atoms with E-state index in [2.05, 4.69) is 15.6 Å². The van der Waals surface area contributed by atoms with Crippen molar-refractivity contribution in [1.82, 2.24) is 15.6 Å². The molecule has 0 aliphatic heterocycles. The summed E-state index contributed by atoms with van der Waals surface area (Å²) in [7, 11) is 0. The summed E-state index contributed by atoms with van der Waals surface area (Å²) < 4.78 is 13.2. The number of benzene rings is 1. The van der Waals surface area contributed by atoms with Crippen LogP contribution in [0.1, 0.15) is 37.7 Å². The molecule has 2 aromatic rings. The molecule has 2 amide bonds. The highest BCUT2D eigenvalue weighted by atomic mass is 19.1. The van der Waals surface area contributed by atoms with Crippen LogP contribution in [0.25, 0.3) is 10.9 Å². The standard InChI is InChI=1S/C18H24FN3O2/c19-14-4-5-15-13(11-21-16(15)10-14)6-9-20-17(23)22-12-18(24)7-2-1-3-8-18/h4-5,10-11,21,24H,1-3,6-9,12H2,(H2,20,22,23). The molecular formula is C18H24FN3O2. The number of urea groups is 1. The average Bonchev–Trinajstić information content (AvgIpc) is 2.96. The lowest BCUT2D eigenvalue weighted by Crippen LogP contribution is -2.47. The molecule has 1 saturated carbocycles. The average molecular weight is 333 g/mol. The second kappa shape index (κ2) is 7.21. The van der Waals surface area contributed by atoms with Gasteiger partial charge in [-0.25, -0.2) is 9.18 Å². The minimum absolute atomic E-state index is 0.264. The van der Waals surface area contributed by atoms with Gasteiger partial charge in [-0.3, -0.25) is 0 Å². The zero-order valence-electron chi connectivity index (χ0n) is 13.7. The summed E-state index contributed by atoms with van der Waals surface area (Å²) in [6, 6.07) is 4.38. The van der Waals surface area contributed by atoms with Gasteiger partial charge in [0.15, 0.2) is 0 Å². The number of nitrogens with one attached hydrogen (secondary N) is 3. The number of carbonyl (C=O) groups is 1. The van der Waals surface area contributed by atoms with Gasteiger partial charge in [0, 0.05) is 30.2 Å². The summed E-state index contributed by atoms with van der Waals surface area (Å²) >= 11 is 0. The van der Waals surface area contributed by atoms with Gasteiger partial charge in [-0.05, 0) is 43.0 Å². The second-order valence-electron chi connectivity index (χ2n) is 6.65. The van der Waals surface area contributed by atoms with Crippen molar-refractivity contribution in [1.29, 1.82) is 0 Å². The Labute approximate surface area is 140 Å². The number of aromatic amines is 1. The third-order valence-electron chi connectivity index (χ3n) is 4.77. The number of hydrogen-bond donors (Lipinski definition) is 4. The largest absolute Gasteiger partial charge is 0.388 e. The summed E-state index contributed by atoms with van der Waals surface area (Å²) in [5, 5.41) is 16.9. The molecule has 1 heterocycles. The molecule has 24 heavy (non-hydrogen) atoms. The van der Waals surface area contributed by atoms with Gasteiger partial charge in [-0.15, -0.1) is 0 Å². The van der Waals surface area contributed by atoms with Crippen LogP contribution in [0.2, 0.25) is 0 Å². The molecule has 3 rings (SSSR count). The Balaban J connectivity index is 1.44. The fraction of sp³-hybridized carbons (Fsp3) is 0.500. The Bertz CT molecular complexity index is 707. The molecule has 5 nitrogen and oxygen atoms in total. The highest BCUT2D eigenvalue weighted by Gasteiger charge is 2.29. The summed E-state index contributed by atoms with van der Waals surface area (Å²) in [4.78, 5) is 14.9. The monoisotopic (exact) mass is 333 g/mol. The topological polar surface area (TPSA) is 77.2 Å². The van der Waals surface area contributed by atoms with E-state index in [9.17, 15) is 14.3 Å². The molecule has 0 atom stereocenters. The van der Waals surface area contributed by atoms with Gasteiger partial charge in [0.05, 0.1) is 5.60 Å². The maximum absolute atomic E-state index is 13.2. The van der Waals surface area contributed by atoms with Crippen molar-refractivity contribution in [2.75, 3.05) is 13.1 Å². The van der Waals surface area contributed by atoms with Crippen molar-refractivity contribution >= 4 is 16.9 Å². The van der Waals surface area contributed by atoms with Gasteiger partial charge in [-0.2, -0.15) is 0 Å². The van der Waals surface area contributed by atoms with Gasteiger partial charge in [0.25, 0.3) is 0 Å². The van der Waals surface area contributed by atoms with Gasteiger partial charge in [-0.1, -0.05) is 19.3 Å². The molecule has 1 aromatic carbocycles. The zero-order valence-corrected chi connectivity index (χ0v) is 13.7. The Hall–Kier alpha value is -2.08. The van der Waals surface area contributed by atoms with Crippen LogP contribution in [0.15, 0.2) is 24.4 Å². The Kier molecular flexibility index (Phi) is 5.04. The minimum atomic E-state index is -0.753. The molecule has 0 bridgehead atoms. The van der Waals surface area contributed by atoms with Crippen molar-refractivity contribution in [3.63, 3.8) is 0 Å². The van der Waals surface area contributed by atoms with Crippen molar-refractivity contribution in [2.24, 2.45) is 0 Å². The Morgan fingerprint density at radius 3 is 2.83 bits per heavy atom. The summed E-state index contributed by atoms with van der Waals surface area (Å²) in [5.74, 6) is -0.269. The number of rotatable bonds is 5. The first kappa shape index (κ1) is 16.8. The quantitative estimate of drug-likeness (QED) is 0.679. The first-order chi connectivity index (χ1) is 11.6. The van der Waals surface area contributed by atoms with Crippen LogP contribution >= 0.6 is 0 Å². The molecule has 1 aliphatic rings. The summed E-state index contributed by atoms with van der Waals surface area (Å²) in [6.07, 6.45) is 7.18. The van der Waals surface area contributed by atoms with Crippen LogP contribution in [0.3, 0.4) is 0 Å². The lowest BCUT2D eigenvalue weighted by Gasteiger charge is -2.32. The van der Waals surface area contributed by atoms with Gasteiger partial charge in [0.1, 0.15) is 5.82 Å². The van der Waals surface area contributed by atoms with Crippen LogP contribution in [0.5, 0.6) is 0 Å². The van der Waals surface area contributed by atoms with E-state index < -0.39 is 5.60 Å². The number of fused-ring (bicyclic) bond motifs is 1. The van der Waals surface area contributed by atoms with Crippen molar-refractivity contribution in [3.05, 3.63) is 35.8 Å². The molecule has 1 fully saturated rings. The van der Waals surface area contributed by atoms with E-state index in [0.29, 0.717) is 19.5 Å². The fourth-order valence-corrected chi connectivity index (χ4v) is 3.37. The molecule has 0 unspecified atom stereocenters. The predicted octanol–water partition coefficient (Wildman–Crippen LogP) is 2.84. The van der Waals surface area contributed by atoms with E-state index in [1.807, 2.05) is 6.20 Å². The first-order valence-corrected chi connectivity index (χ1v) is 8.55. The second-order valence-corrected chi connectivity index (χ2v) is 6.65. The third kappa shape index (κ3) is 4.06. The highest BCUT2D eigenvalue weighted by Crippen LogP contribution is 2.27. The molecule has 1 aromatic heterocycles. The van der Waals surface area contributed by atoms with E-state index in [0.717, 1.165) is 48.6 Å².